The summed E-state index contributed by atoms with van der Waals surface area (Å²) in [6, 6.07) is 6.44. The van der Waals surface area contributed by atoms with Crippen LogP contribution in [0.3, 0.4) is 0 Å². The highest BCUT2D eigenvalue weighted by Crippen LogP contribution is 2.37. The van der Waals surface area contributed by atoms with E-state index < -0.39 is 0 Å². The lowest BCUT2D eigenvalue weighted by atomic mass is 9.99. The molecule has 0 fully saturated rings. The number of carbonyl (C=O) groups is 1. The molecule has 0 bridgehead atoms. The fourth-order valence-corrected chi connectivity index (χ4v) is 3.71. The number of amides is 1. The molecule has 1 N–H and O–H groups in total. The molecule has 0 radical (unpaired) electrons. The van der Waals surface area contributed by atoms with E-state index in [9.17, 15) is 4.79 Å². The minimum absolute atomic E-state index is 0.0201. The molecule has 1 aliphatic rings. The number of aryl methyl sites for hydroxylation is 2. The molecule has 1 unspecified atom stereocenters. The van der Waals surface area contributed by atoms with Crippen LogP contribution in [0.15, 0.2) is 54.8 Å². The summed E-state index contributed by atoms with van der Waals surface area (Å²) in [6.07, 6.45) is 10.3. The van der Waals surface area contributed by atoms with Gasteiger partial charge in [0, 0.05) is 54.2 Å². The van der Waals surface area contributed by atoms with Gasteiger partial charge in [-0.15, -0.1) is 0 Å². The van der Waals surface area contributed by atoms with E-state index in [1.54, 1.807) is 12.3 Å². The Morgan fingerprint density at radius 3 is 2.92 bits per heavy atom. The number of carbonyl (C=O) groups excluding carboxylic acids is 1. The van der Waals surface area contributed by atoms with Crippen molar-refractivity contribution in [2.45, 2.75) is 32.9 Å². The van der Waals surface area contributed by atoms with Crippen molar-refractivity contribution in [1.29, 1.82) is 0 Å². The van der Waals surface area contributed by atoms with Crippen LogP contribution >= 0.6 is 0 Å². The van der Waals surface area contributed by atoms with Crippen molar-refractivity contribution in [3.8, 4) is 0 Å². The predicted octanol–water partition coefficient (Wildman–Crippen LogP) is 3.59. The molecule has 1 aromatic carbocycles. The highest BCUT2D eigenvalue weighted by atomic mass is 16.2. The number of rotatable bonds is 5. The van der Waals surface area contributed by atoms with Crippen LogP contribution in [0.4, 0.5) is 0 Å². The quantitative estimate of drug-likeness (QED) is 0.775. The highest BCUT2D eigenvalue weighted by molar-refractivity contribution is 5.94. The van der Waals surface area contributed by atoms with Gasteiger partial charge < -0.3 is 14.5 Å². The molecule has 0 aliphatic carbocycles. The SMILES string of the molecule is CC1=CC(=O)N(CCCn2ccnc2)C1c1c[nH]c2cc(C)ccc12. The summed E-state index contributed by atoms with van der Waals surface area (Å²) in [5.74, 6) is 0.106. The van der Waals surface area contributed by atoms with Crippen LogP contribution < -0.4 is 0 Å². The zero-order chi connectivity index (χ0) is 17.4. The number of H-pyrrole nitrogens is 1. The van der Waals surface area contributed by atoms with Gasteiger partial charge in [0.1, 0.15) is 0 Å². The van der Waals surface area contributed by atoms with E-state index in [-0.39, 0.29) is 11.9 Å². The number of nitrogens with one attached hydrogen (secondary N) is 1. The summed E-state index contributed by atoms with van der Waals surface area (Å²) < 4.78 is 2.05. The molecule has 4 rings (SSSR count). The molecule has 5 heteroatoms. The molecule has 2 aromatic heterocycles. The molecular formula is C20H22N4O. The molecule has 5 nitrogen and oxygen atoms in total. The number of hydrogen-bond donors (Lipinski definition) is 1. The van der Waals surface area contributed by atoms with Crippen molar-refractivity contribution in [3.63, 3.8) is 0 Å². The molecule has 0 saturated carbocycles. The molecule has 1 atom stereocenters. The van der Waals surface area contributed by atoms with E-state index in [4.69, 9.17) is 0 Å². The average Bonchev–Trinajstić information content (AvgIpc) is 3.28. The first-order valence-corrected chi connectivity index (χ1v) is 8.65. The number of benzene rings is 1. The Balaban J connectivity index is 1.58. The monoisotopic (exact) mass is 334 g/mol. The lowest BCUT2D eigenvalue weighted by molar-refractivity contribution is -0.126. The maximum atomic E-state index is 12.5. The zero-order valence-corrected chi connectivity index (χ0v) is 14.6. The van der Waals surface area contributed by atoms with Gasteiger partial charge in [-0.05, 0) is 37.5 Å². The number of hydrogen-bond acceptors (Lipinski definition) is 2. The van der Waals surface area contributed by atoms with E-state index in [1.165, 1.54) is 16.5 Å². The van der Waals surface area contributed by atoms with Crippen molar-refractivity contribution in [2.24, 2.45) is 0 Å². The summed E-state index contributed by atoms with van der Waals surface area (Å²) in [5.41, 5.74) is 4.64. The van der Waals surface area contributed by atoms with Gasteiger partial charge in [-0.1, -0.05) is 12.1 Å². The minimum atomic E-state index is 0.0201. The average molecular weight is 334 g/mol. The number of aromatic nitrogens is 3. The van der Waals surface area contributed by atoms with Crippen molar-refractivity contribution >= 4 is 16.8 Å². The van der Waals surface area contributed by atoms with Crippen LogP contribution in [0, 0.1) is 6.92 Å². The lowest BCUT2D eigenvalue weighted by Crippen LogP contribution is -2.30. The third-order valence-corrected chi connectivity index (χ3v) is 4.92. The normalized spacial score (nSPS) is 17.5. The van der Waals surface area contributed by atoms with Gasteiger partial charge in [-0.25, -0.2) is 4.98 Å². The smallest absolute Gasteiger partial charge is 0.247 e. The van der Waals surface area contributed by atoms with E-state index in [1.807, 2.05) is 35.1 Å². The Hall–Kier alpha value is -2.82. The van der Waals surface area contributed by atoms with E-state index in [2.05, 4.69) is 35.1 Å². The summed E-state index contributed by atoms with van der Waals surface area (Å²) in [5, 5.41) is 1.19. The number of fused-ring (bicyclic) bond motifs is 1. The van der Waals surface area contributed by atoms with Gasteiger partial charge >= 0.3 is 0 Å². The van der Waals surface area contributed by atoms with Gasteiger partial charge in [0.2, 0.25) is 5.91 Å². The van der Waals surface area contributed by atoms with E-state index in [0.29, 0.717) is 0 Å². The molecular weight excluding hydrogens is 312 g/mol. The second-order valence-corrected chi connectivity index (χ2v) is 6.77. The molecule has 1 aliphatic heterocycles. The topological polar surface area (TPSA) is 53.9 Å². The summed E-state index contributed by atoms with van der Waals surface area (Å²) in [6.45, 7) is 5.73. The zero-order valence-electron chi connectivity index (χ0n) is 14.6. The van der Waals surface area contributed by atoms with Crippen LogP contribution in [-0.2, 0) is 11.3 Å². The van der Waals surface area contributed by atoms with Gasteiger partial charge in [0.25, 0.3) is 0 Å². The second-order valence-electron chi connectivity index (χ2n) is 6.77. The summed E-state index contributed by atoms with van der Waals surface area (Å²) in [4.78, 5) is 21.9. The largest absolute Gasteiger partial charge is 0.361 e. The summed E-state index contributed by atoms with van der Waals surface area (Å²) in [7, 11) is 0. The number of nitrogens with zero attached hydrogens (tertiary/aromatic N) is 3. The first kappa shape index (κ1) is 15.7. The molecule has 0 spiro atoms. The Kier molecular flexibility index (Phi) is 3.92. The van der Waals surface area contributed by atoms with E-state index in [0.717, 1.165) is 30.6 Å². The summed E-state index contributed by atoms with van der Waals surface area (Å²) >= 11 is 0. The number of aromatic amines is 1. The molecule has 3 aromatic rings. The van der Waals surface area contributed by atoms with Gasteiger partial charge in [0.15, 0.2) is 0 Å². The Labute approximate surface area is 147 Å². The fourth-order valence-electron chi connectivity index (χ4n) is 3.71. The van der Waals surface area contributed by atoms with Crippen LogP contribution in [0.2, 0.25) is 0 Å². The van der Waals surface area contributed by atoms with Crippen molar-refractivity contribution in [3.05, 3.63) is 65.9 Å². The maximum Gasteiger partial charge on any atom is 0.247 e. The van der Waals surface area contributed by atoms with Crippen molar-refractivity contribution < 1.29 is 4.79 Å². The predicted molar refractivity (Wildman–Crippen MR) is 98.1 cm³/mol. The first-order chi connectivity index (χ1) is 12.1. The Morgan fingerprint density at radius 1 is 1.24 bits per heavy atom. The van der Waals surface area contributed by atoms with Crippen LogP contribution in [-0.4, -0.2) is 31.9 Å². The Morgan fingerprint density at radius 2 is 2.12 bits per heavy atom. The molecule has 1 amide bonds. The van der Waals surface area contributed by atoms with Crippen LogP contribution in [0.25, 0.3) is 10.9 Å². The standard InChI is InChI=1S/C20H22N4O/c1-14-4-5-16-17(12-22-18(16)10-14)20-15(2)11-19(25)24(20)8-3-7-23-9-6-21-13-23/h4-6,9-13,20,22H,3,7-8H2,1-2H3. The third kappa shape index (κ3) is 2.86. The molecule has 0 saturated heterocycles. The van der Waals surface area contributed by atoms with Gasteiger partial charge in [0.05, 0.1) is 12.4 Å². The molecule has 25 heavy (non-hydrogen) atoms. The molecule has 3 heterocycles. The van der Waals surface area contributed by atoms with Crippen molar-refractivity contribution in [1.82, 2.24) is 19.4 Å². The van der Waals surface area contributed by atoms with Crippen molar-refractivity contribution in [2.75, 3.05) is 6.54 Å². The fraction of sp³-hybridized carbons (Fsp3) is 0.300. The van der Waals surface area contributed by atoms with Gasteiger partial charge in [-0.3, -0.25) is 4.79 Å². The molecule has 128 valence electrons. The number of imidazole rings is 1. The van der Waals surface area contributed by atoms with E-state index >= 15 is 0 Å². The Bertz CT molecular complexity index is 936. The van der Waals surface area contributed by atoms with Gasteiger partial charge in [-0.2, -0.15) is 0 Å². The third-order valence-electron chi connectivity index (χ3n) is 4.92. The maximum absolute atomic E-state index is 12.5. The van der Waals surface area contributed by atoms with Crippen LogP contribution in [0.1, 0.15) is 30.5 Å². The minimum Gasteiger partial charge on any atom is -0.361 e. The highest BCUT2D eigenvalue weighted by Gasteiger charge is 2.32. The van der Waals surface area contributed by atoms with Crippen LogP contribution in [0.5, 0.6) is 0 Å². The second kappa shape index (κ2) is 6.24. The lowest BCUT2D eigenvalue weighted by Gasteiger charge is -2.26. The first-order valence-electron chi connectivity index (χ1n) is 8.65.